The molecule has 0 aromatic rings. The molecule has 0 aromatic heterocycles. The standard InChI is InChI=1S/C16H31NO6S.2Na.2H/c1-2-3-4-5-6-7-8-9-10-11-12-17-16(20)14(13-15(18)19)24(21,22)23;;;;/h14H,2-13H2,1H3,(H,17,20)(H,18,19)(H,21,22,23);;;;/q;2*+1;2*-1. The van der Waals surface area contributed by atoms with Crippen LogP contribution in [0.4, 0.5) is 0 Å². The number of aliphatic carboxylic acids is 1. The predicted molar refractivity (Wildman–Crippen MR) is 94.7 cm³/mol. The van der Waals surface area contributed by atoms with E-state index in [0.29, 0.717) is 6.42 Å². The van der Waals surface area contributed by atoms with Gasteiger partial charge in [0.25, 0.3) is 10.1 Å². The van der Waals surface area contributed by atoms with E-state index >= 15 is 0 Å². The molecule has 0 rings (SSSR count). The van der Waals surface area contributed by atoms with Crippen molar-refractivity contribution >= 4 is 22.0 Å². The van der Waals surface area contributed by atoms with E-state index in [-0.39, 0.29) is 68.5 Å². The Morgan fingerprint density at radius 3 is 1.73 bits per heavy atom. The predicted octanol–water partition coefficient (Wildman–Crippen LogP) is -3.01. The minimum Gasteiger partial charge on any atom is -1.00 e. The molecule has 0 bridgehead atoms. The third-order valence-electron chi connectivity index (χ3n) is 3.84. The van der Waals surface area contributed by atoms with Gasteiger partial charge in [-0.15, -0.1) is 0 Å². The second-order valence-electron chi connectivity index (χ2n) is 6.07. The van der Waals surface area contributed by atoms with Crippen molar-refractivity contribution in [1.82, 2.24) is 5.32 Å². The number of carboxylic acids is 1. The van der Waals surface area contributed by atoms with Crippen LogP contribution in [0.5, 0.6) is 0 Å². The van der Waals surface area contributed by atoms with Gasteiger partial charge in [0, 0.05) is 6.54 Å². The quantitative estimate of drug-likeness (QED) is 0.149. The summed E-state index contributed by atoms with van der Waals surface area (Å²) in [5, 5.41) is 9.03. The van der Waals surface area contributed by atoms with Crippen LogP contribution in [0.2, 0.25) is 0 Å². The molecule has 1 unspecified atom stereocenters. The summed E-state index contributed by atoms with van der Waals surface area (Å²) in [6.07, 6.45) is 10.5. The second-order valence-corrected chi connectivity index (χ2v) is 7.67. The molecule has 0 aliphatic carbocycles. The minimum atomic E-state index is -4.72. The normalized spacial score (nSPS) is 11.8. The zero-order valence-corrected chi connectivity index (χ0v) is 21.3. The molecular formula is C16H33NNa2O6S. The maximum atomic E-state index is 11.7. The number of carbonyl (C=O) groups is 2. The van der Waals surface area contributed by atoms with E-state index in [1.54, 1.807) is 0 Å². The van der Waals surface area contributed by atoms with Crippen molar-refractivity contribution in [3.8, 4) is 0 Å². The molecule has 0 aliphatic heterocycles. The maximum Gasteiger partial charge on any atom is 1.00 e. The summed E-state index contributed by atoms with van der Waals surface area (Å²) in [4.78, 5) is 22.2. The number of rotatable bonds is 15. The van der Waals surface area contributed by atoms with Crippen molar-refractivity contribution in [1.29, 1.82) is 0 Å². The van der Waals surface area contributed by atoms with E-state index in [9.17, 15) is 18.0 Å². The summed E-state index contributed by atoms with van der Waals surface area (Å²) >= 11 is 0. The van der Waals surface area contributed by atoms with Crippen molar-refractivity contribution in [2.45, 2.75) is 82.8 Å². The van der Waals surface area contributed by atoms with Crippen LogP contribution >= 0.6 is 0 Å². The summed E-state index contributed by atoms with van der Waals surface area (Å²) in [6, 6.07) is 0. The number of hydrogen-bond donors (Lipinski definition) is 3. The van der Waals surface area contributed by atoms with Crippen molar-refractivity contribution < 1.29 is 89.6 Å². The van der Waals surface area contributed by atoms with Crippen molar-refractivity contribution in [2.24, 2.45) is 0 Å². The number of carboxylic acid groups (broad SMARTS) is 1. The molecule has 26 heavy (non-hydrogen) atoms. The number of hydrogen-bond acceptors (Lipinski definition) is 4. The van der Waals surface area contributed by atoms with Crippen molar-refractivity contribution in [3.05, 3.63) is 0 Å². The largest absolute Gasteiger partial charge is 1.00 e. The summed E-state index contributed by atoms with van der Waals surface area (Å²) in [5.41, 5.74) is 0. The Balaban J connectivity index is -0.000000441. The van der Waals surface area contributed by atoms with Gasteiger partial charge in [-0.25, -0.2) is 0 Å². The smallest absolute Gasteiger partial charge is 1.00 e. The molecule has 0 saturated heterocycles. The van der Waals surface area contributed by atoms with Gasteiger partial charge in [0.1, 0.15) is 0 Å². The van der Waals surface area contributed by atoms with Gasteiger partial charge in [0.2, 0.25) is 5.91 Å². The number of carbonyl (C=O) groups excluding carboxylic acids is 1. The topological polar surface area (TPSA) is 121 Å². The van der Waals surface area contributed by atoms with Gasteiger partial charge in [0.05, 0.1) is 6.42 Å². The van der Waals surface area contributed by atoms with Gasteiger partial charge in [-0.1, -0.05) is 64.7 Å². The number of nitrogens with one attached hydrogen (secondary N) is 1. The van der Waals surface area contributed by atoms with Gasteiger partial charge < -0.3 is 13.3 Å². The molecule has 0 aliphatic rings. The Hall–Kier alpha value is 0.850. The van der Waals surface area contributed by atoms with Crippen LogP contribution in [0.15, 0.2) is 0 Å². The van der Waals surface area contributed by atoms with Crippen LogP contribution in [0.1, 0.15) is 80.4 Å². The number of unbranched alkanes of at least 4 members (excludes halogenated alkanes) is 9. The van der Waals surface area contributed by atoms with Crippen LogP contribution in [0, 0.1) is 0 Å². The average Bonchev–Trinajstić information content (AvgIpc) is 2.48. The fourth-order valence-electron chi connectivity index (χ4n) is 2.43. The molecular weight excluding hydrogens is 380 g/mol. The molecule has 0 spiro atoms. The second kappa shape index (κ2) is 19.2. The van der Waals surface area contributed by atoms with E-state index in [4.69, 9.17) is 9.66 Å². The Morgan fingerprint density at radius 1 is 0.923 bits per heavy atom. The third-order valence-corrected chi connectivity index (χ3v) is 4.94. The zero-order chi connectivity index (χ0) is 18.4. The number of amides is 1. The van der Waals surface area contributed by atoms with E-state index in [1.165, 1.54) is 38.5 Å². The average molecular weight is 413 g/mol. The Kier molecular flexibility index (Phi) is 23.3. The van der Waals surface area contributed by atoms with Crippen LogP contribution in [-0.4, -0.2) is 41.7 Å². The van der Waals surface area contributed by atoms with Crippen LogP contribution < -0.4 is 64.4 Å². The van der Waals surface area contributed by atoms with Gasteiger partial charge in [-0.05, 0) is 6.42 Å². The maximum absolute atomic E-state index is 11.7. The monoisotopic (exact) mass is 413 g/mol. The summed E-state index contributed by atoms with van der Waals surface area (Å²) < 4.78 is 31.0. The van der Waals surface area contributed by atoms with E-state index in [1.807, 2.05) is 0 Å². The van der Waals surface area contributed by atoms with Crippen LogP contribution in [0.25, 0.3) is 0 Å². The van der Waals surface area contributed by atoms with Crippen molar-refractivity contribution in [3.63, 3.8) is 0 Å². The van der Waals surface area contributed by atoms with Crippen LogP contribution in [-0.2, 0) is 19.7 Å². The molecule has 7 nitrogen and oxygen atoms in total. The minimum absolute atomic E-state index is 0. The molecule has 0 aromatic carbocycles. The zero-order valence-electron chi connectivity index (χ0n) is 18.5. The van der Waals surface area contributed by atoms with Gasteiger partial charge in [0.15, 0.2) is 5.25 Å². The van der Waals surface area contributed by atoms with Crippen molar-refractivity contribution in [2.75, 3.05) is 6.54 Å². The molecule has 0 radical (unpaired) electrons. The summed E-state index contributed by atoms with van der Waals surface area (Å²) in [7, 11) is -4.72. The SMILES string of the molecule is CCCCCCCCCCCCNC(=O)C(CC(=O)O)S(=O)(=O)O.[H-].[H-].[Na+].[Na+]. The molecule has 1 amide bonds. The molecule has 0 saturated carbocycles. The first-order valence-corrected chi connectivity index (χ1v) is 10.2. The van der Waals surface area contributed by atoms with Gasteiger partial charge >= 0.3 is 65.1 Å². The Bertz CT molecular complexity index is 484. The third kappa shape index (κ3) is 18.2. The summed E-state index contributed by atoms with van der Waals surface area (Å²) in [6.45, 7) is 2.47. The van der Waals surface area contributed by atoms with Gasteiger partial charge in [-0.3, -0.25) is 14.1 Å². The van der Waals surface area contributed by atoms with Gasteiger partial charge in [-0.2, -0.15) is 8.42 Å². The van der Waals surface area contributed by atoms with E-state index in [0.717, 1.165) is 19.3 Å². The fourth-order valence-corrected chi connectivity index (χ4v) is 3.14. The first-order chi connectivity index (χ1) is 11.3. The van der Waals surface area contributed by atoms with Crippen LogP contribution in [0.3, 0.4) is 0 Å². The Morgan fingerprint density at radius 2 is 1.35 bits per heavy atom. The molecule has 0 heterocycles. The first kappa shape index (κ1) is 31.5. The summed E-state index contributed by atoms with van der Waals surface area (Å²) in [5.74, 6) is -2.41. The molecule has 3 N–H and O–H groups in total. The van der Waals surface area contributed by atoms with E-state index in [2.05, 4.69) is 12.2 Å². The molecule has 0 fully saturated rings. The molecule has 1 atom stereocenters. The van der Waals surface area contributed by atoms with E-state index < -0.39 is 33.7 Å². The fraction of sp³-hybridized carbons (Fsp3) is 0.875. The first-order valence-electron chi connectivity index (χ1n) is 8.74. The molecule has 146 valence electrons. The Labute approximate surface area is 204 Å². The molecule has 10 heteroatoms.